The number of thiol groups is 1. The summed E-state index contributed by atoms with van der Waals surface area (Å²) in [4.78, 5) is 0. The molecule has 0 aromatic heterocycles. The quantitative estimate of drug-likeness (QED) is 0.254. The van der Waals surface area contributed by atoms with Crippen molar-refractivity contribution in [1.29, 1.82) is 0 Å². The Labute approximate surface area is 379 Å². The van der Waals surface area contributed by atoms with Gasteiger partial charge in [0.2, 0.25) is 0 Å². The highest BCUT2D eigenvalue weighted by Gasteiger charge is 2.53. The van der Waals surface area contributed by atoms with Crippen LogP contribution in [0.3, 0.4) is 0 Å². The van der Waals surface area contributed by atoms with Crippen LogP contribution in [-0.4, -0.2) is 15.5 Å². The van der Waals surface area contributed by atoms with Crippen LogP contribution < -0.4 is 0 Å². The standard InChI is InChI=1S/C32H52OS.C24H38OS/c1-29(2,3)25-15-24(20-34-26-13-11-9-8-10-12-14-26)28(33)27(16-25)32(7)19-23-17-30(4,5)21-31(6,18-23)22-32;1-21(2,3)18-8-17(13-26)20(25)19(9-18)24(7)12-16-10-22(4,5)14-23(6,11-16)15-24/h15-16,23,26,33H,8-14,17-22H2,1-7H3;8-9,16,25-26H,10-15H2,1-7H3. The first-order chi connectivity index (χ1) is 27.6. The molecule has 2 nitrogen and oxygen atoms in total. The lowest BCUT2D eigenvalue weighted by Crippen LogP contribution is -2.47. The van der Waals surface area contributed by atoms with E-state index in [9.17, 15) is 10.2 Å². The number of hydrogen-bond acceptors (Lipinski definition) is 4. The molecule has 60 heavy (non-hydrogen) atoms. The average Bonchev–Trinajstić information content (AvgIpc) is 3.04. The molecule has 7 rings (SSSR count). The largest absolute Gasteiger partial charge is 0.507 e. The Bertz CT molecular complexity index is 1820. The third kappa shape index (κ3) is 11.2. The summed E-state index contributed by atoms with van der Waals surface area (Å²) in [5.74, 6) is 4.21. The molecule has 0 aliphatic heterocycles. The molecule has 0 heterocycles. The number of fused-ring (bicyclic) bond motifs is 4. The van der Waals surface area contributed by atoms with E-state index in [0.29, 0.717) is 38.9 Å². The van der Waals surface area contributed by atoms with Gasteiger partial charge in [-0.25, -0.2) is 0 Å². The zero-order valence-corrected chi connectivity index (χ0v) is 42.9. The Kier molecular flexibility index (Phi) is 13.9. The van der Waals surface area contributed by atoms with Crippen molar-refractivity contribution in [3.05, 3.63) is 57.6 Å². The fourth-order valence-electron chi connectivity index (χ4n) is 15.2. The molecule has 2 aromatic rings. The van der Waals surface area contributed by atoms with E-state index >= 15 is 0 Å². The second kappa shape index (κ2) is 17.3. The summed E-state index contributed by atoms with van der Waals surface area (Å²) in [5.41, 5.74) is 9.27. The molecular formula is C56H90O2S2. The highest BCUT2D eigenvalue weighted by atomic mass is 32.2. The third-order valence-electron chi connectivity index (χ3n) is 16.3. The summed E-state index contributed by atoms with van der Waals surface area (Å²) in [5, 5.41) is 23.6. The maximum Gasteiger partial charge on any atom is 0.123 e. The van der Waals surface area contributed by atoms with Gasteiger partial charge in [0, 0.05) is 39.0 Å². The maximum atomic E-state index is 11.8. The van der Waals surface area contributed by atoms with Crippen molar-refractivity contribution in [2.24, 2.45) is 33.5 Å². The molecule has 6 atom stereocenters. The Balaban J connectivity index is 0.000000209. The van der Waals surface area contributed by atoms with Gasteiger partial charge < -0.3 is 10.2 Å². The maximum absolute atomic E-state index is 11.8. The molecule has 2 N–H and O–H groups in total. The fourth-order valence-corrected chi connectivity index (χ4v) is 16.7. The van der Waals surface area contributed by atoms with Crippen molar-refractivity contribution in [1.82, 2.24) is 0 Å². The molecule has 5 aliphatic carbocycles. The van der Waals surface area contributed by atoms with E-state index in [1.807, 2.05) is 0 Å². The van der Waals surface area contributed by atoms with Crippen LogP contribution in [-0.2, 0) is 33.2 Å². The second-order valence-corrected chi connectivity index (χ2v) is 28.3. The van der Waals surface area contributed by atoms with Gasteiger partial charge in [-0.2, -0.15) is 24.4 Å². The van der Waals surface area contributed by atoms with Gasteiger partial charge in [-0.3, -0.25) is 0 Å². The smallest absolute Gasteiger partial charge is 0.123 e. The van der Waals surface area contributed by atoms with Crippen LogP contribution >= 0.6 is 24.4 Å². The molecular weight excluding hydrogens is 769 g/mol. The highest BCUT2D eigenvalue weighted by molar-refractivity contribution is 7.99. The molecule has 338 valence electrons. The van der Waals surface area contributed by atoms with Gasteiger partial charge in [-0.15, -0.1) is 0 Å². The summed E-state index contributed by atoms with van der Waals surface area (Å²) in [6.07, 6.45) is 22.5. The SMILES string of the molecule is CC1(C)CC2CC(C)(C1)CC(C)(c1cc(C(C)(C)C)cc(CS)c1O)C2.CC1(C)CC2CC(C)(C1)CC(C)(c1cc(C(C)(C)C)cc(CSC3CCCCCCC3)c1O)C2. The minimum atomic E-state index is 0.0528. The molecule has 0 spiro atoms. The zero-order valence-electron chi connectivity index (χ0n) is 41.2. The molecule has 0 amide bonds. The lowest BCUT2D eigenvalue weighted by Gasteiger charge is -2.56. The Hall–Kier alpha value is -1.26. The summed E-state index contributed by atoms with van der Waals surface area (Å²) in [6.45, 7) is 33.5. The van der Waals surface area contributed by atoms with Crippen molar-refractivity contribution < 1.29 is 10.2 Å². The Morgan fingerprint density at radius 3 is 1.35 bits per heavy atom. The van der Waals surface area contributed by atoms with Crippen molar-refractivity contribution >= 4 is 24.4 Å². The Morgan fingerprint density at radius 1 is 0.550 bits per heavy atom. The van der Waals surface area contributed by atoms with Gasteiger partial charge >= 0.3 is 0 Å². The number of phenolic OH excluding ortho intramolecular Hbond substituents is 2. The Morgan fingerprint density at radius 2 is 0.950 bits per heavy atom. The predicted octanol–water partition coefficient (Wildman–Crippen LogP) is 16.9. The number of benzene rings is 2. The summed E-state index contributed by atoms with van der Waals surface area (Å²) >= 11 is 6.62. The third-order valence-corrected chi connectivity index (χ3v) is 18.0. The lowest BCUT2D eigenvalue weighted by molar-refractivity contribution is -0.0218. The average molecular weight is 859 g/mol. The van der Waals surface area contributed by atoms with Gasteiger partial charge in [0.05, 0.1) is 0 Å². The van der Waals surface area contributed by atoms with Gasteiger partial charge in [0.15, 0.2) is 0 Å². The number of thioether (sulfide) groups is 1. The molecule has 5 fully saturated rings. The number of hydrogen-bond donors (Lipinski definition) is 3. The summed E-state index contributed by atoms with van der Waals surface area (Å²) < 4.78 is 0. The number of phenols is 2. The van der Waals surface area contributed by atoms with Crippen LogP contribution in [0.2, 0.25) is 0 Å². The van der Waals surface area contributed by atoms with Crippen LogP contribution in [0.5, 0.6) is 11.5 Å². The second-order valence-electron chi connectivity index (χ2n) is 26.7. The van der Waals surface area contributed by atoms with E-state index in [1.165, 1.54) is 137 Å². The fraction of sp³-hybridized carbons (Fsp3) is 0.786. The van der Waals surface area contributed by atoms with E-state index in [4.69, 9.17) is 0 Å². The lowest BCUT2D eigenvalue weighted by atomic mass is 9.48. The van der Waals surface area contributed by atoms with Crippen molar-refractivity contribution in [3.8, 4) is 11.5 Å². The van der Waals surface area contributed by atoms with Crippen molar-refractivity contribution in [2.75, 3.05) is 0 Å². The molecule has 2 aromatic carbocycles. The molecule has 0 saturated heterocycles. The minimum Gasteiger partial charge on any atom is -0.507 e. The van der Waals surface area contributed by atoms with Crippen LogP contribution in [0.1, 0.15) is 239 Å². The van der Waals surface area contributed by atoms with Gasteiger partial charge in [0.1, 0.15) is 11.5 Å². The first-order valence-corrected chi connectivity index (χ1v) is 26.2. The van der Waals surface area contributed by atoms with E-state index < -0.39 is 0 Å². The summed E-state index contributed by atoms with van der Waals surface area (Å²) in [7, 11) is 0. The molecule has 5 aliphatic rings. The highest BCUT2D eigenvalue weighted by Crippen LogP contribution is 2.63. The first kappa shape index (κ1) is 48.2. The monoisotopic (exact) mass is 859 g/mol. The van der Waals surface area contributed by atoms with E-state index in [2.05, 4.69) is 146 Å². The van der Waals surface area contributed by atoms with Crippen LogP contribution in [0, 0.1) is 33.5 Å². The number of rotatable bonds is 6. The minimum absolute atomic E-state index is 0.0528. The van der Waals surface area contributed by atoms with E-state index in [1.54, 1.807) is 0 Å². The zero-order chi connectivity index (χ0) is 44.3. The van der Waals surface area contributed by atoms with Crippen molar-refractivity contribution in [3.63, 3.8) is 0 Å². The molecule has 6 unspecified atom stereocenters. The topological polar surface area (TPSA) is 40.5 Å². The molecule has 4 heteroatoms. The van der Waals surface area contributed by atoms with Crippen molar-refractivity contribution in [2.45, 2.75) is 245 Å². The van der Waals surface area contributed by atoms with Gasteiger partial charge in [-0.1, -0.05) is 153 Å². The first-order valence-electron chi connectivity index (χ1n) is 24.5. The van der Waals surface area contributed by atoms with Gasteiger partial charge in [-0.05, 0) is 143 Å². The van der Waals surface area contributed by atoms with Gasteiger partial charge in [0.25, 0.3) is 0 Å². The van der Waals surface area contributed by atoms with E-state index in [-0.39, 0.29) is 21.7 Å². The molecule has 0 radical (unpaired) electrons. The van der Waals surface area contributed by atoms with E-state index in [0.717, 1.165) is 28.4 Å². The normalized spacial score (nSPS) is 33.2. The number of aromatic hydroxyl groups is 2. The van der Waals surface area contributed by atoms with Crippen LogP contribution in [0.4, 0.5) is 0 Å². The summed E-state index contributed by atoms with van der Waals surface area (Å²) in [6, 6.07) is 9.20. The van der Waals surface area contributed by atoms with Crippen LogP contribution in [0.25, 0.3) is 0 Å². The van der Waals surface area contributed by atoms with Crippen LogP contribution in [0.15, 0.2) is 24.3 Å². The predicted molar refractivity (Wildman–Crippen MR) is 265 cm³/mol. The molecule has 5 saturated carbocycles. The molecule has 4 bridgehead atoms.